The SMILES string of the molecule is O=C(CSc1ccc([N+](=O)[O-])cc1)NCCc1cccs1. The molecule has 0 fully saturated rings. The van der Waals surface area contributed by atoms with Crippen LogP contribution in [0.15, 0.2) is 46.7 Å². The van der Waals surface area contributed by atoms with Gasteiger partial charge in [0.2, 0.25) is 5.91 Å². The van der Waals surface area contributed by atoms with Crippen LogP contribution in [0.1, 0.15) is 4.88 Å². The summed E-state index contributed by atoms with van der Waals surface area (Å²) in [5.74, 6) is 0.275. The molecule has 2 rings (SSSR count). The number of thioether (sulfide) groups is 1. The number of nitro benzene ring substituents is 1. The van der Waals surface area contributed by atoms with E-state index in [1.165, 1.54) is 28.8 Å². The van der Waals surface area contributed by atoms with Crippen molar-refractivity contribution in [2.45, 2.75) is 11.3 Å². The summed E-state index contributed by atoms with van der Waals surface area (Å²) in [4.78, 5) is 23.9. The zero-order valence-electron chi connectivity index (χ0n) is 11.2. The van der Waals surface area contributed by atoms with E-state index >= 15 is 0 Å². The van der Waals surface area contributed by atoms with E-state index in [4.69, 9.17) is 0 Å². The van der Waals surface area contributed by atoms with Crippen molar-refractivity contribution >= 4 is 34.7 Å². The number of carbonyl (C=O) groups excluding carboxylic acids is 1. The van der Waals surface area contributed by atoms with Gasteiger partial charge in [-0.25, -0.2) is 0 Å². The molecule has 7 heteroatoms. The topological polar surface area (TPSA) is 72.2 Å². The second-order valence-corrected chi connectivity index (χ2v) is 6.30. The van der Waals surface area contributed by atoms with E-state index in [-0.39, 0.29) is 11.6 Å². The van der Waals surface area contributed by atoms with Crippen LogP contribution >= 0.6 is 23.1 Å². The number of nitro groups is 1. The molecule has 110 valence electrons. The van der Waals surface area contributed by atoms with Crippen LogP contribution in [-0.2, 0) is 11.2 Å². The van der Waals surface area contributed by atoms with Crippen LogP contribution in [0.3, 0.4) is 0 Å². The molecule has 0 aliphatic heterocycles. The van der Waals surface area contributed by atoms with Gasteiger partial charge >= 0.3 is 0 Å². The molecule has 5 nitrogen and oxygen atoms in total. The number of thiophene rings is 1. The van der Waals surface area contributed by atoms with Crippen LogP contribution in [0, 0.1) is 10.1 Å². The van der Waals surface area contributed by atoms with Crippen LogP contribution in [-0.4, -0.2) is 23.1 Å². The number of hydrogen-bond acceptors (Lipinski definition) is 5. The summed E-state index contributed by atoms with van der Waals surface area (Å²) in [6.45, 7) is 0.625. The van der Waals surface area contributed by atoms with E-state index < -0.39 is 4.92 Å². The molecule has 0 bridgehead atoms. The Morgan fingerprint density at radius 1 is 1.29 bits per heavy atom. The maximum Gasteiger partial charge on any atom is 0.269 e. The fourth-order valence-corrected chi connectivity index (χ4v) is 3.08. The monoisotopic (exact) mass is 322 g/mol. The molecule has 1 heterocycles. The van der Waals surface area contributed by atoms with Gasteiger partial charge in [0.25, 0.3) is 5.69 Å². The van der Waals surface area contributed by atoms with Gasteiger partial charge in [0.1, 0.15) is 0 Å². The highest BCUT2D eigenvalue weighted by molar-refractivity contribution is 8.00. The lowest BCUT2D eigenvalue weighted by molar-refractivity contribution is -0.384. The van der Waals surface area contributed by atoms with Crippen LogP contribution in [0.4, 0.5) is 5.69 Å². The molecule has 1 aromatic carbocycles. The Kier molecular flexibility index (Phi) is 5.77. The summed E-state index contributed by atoms with van der Waals surface area (Å²) in [5, 5.41) is 15.4. The minimum Gasteiger partial charge on any atom is -0.355 e. The number of nitrogens with one attached hydrogen (secondary N) is 1. The van der Waals surface area contributed by atoms with Gasteiger partial charge in [-0.2, -0.15) is 0 Å². The minimum absolute atomic E-state index is 0.0325. The van der Waals surface area contributed by atoms with Crippen molar-refractivity contribution in [1.82, 2.24) is 5.32 Å². The molecule has 0 saturated heterocycles. The van der Waals surface area contributed by atoms with Crippen LogP contribution in [0.25, 0.3) is 0 Å². The van der Waals surface area contributed by atoms with Gasteiger partial charge in [0, 0.05) is 28.5 Å². The van der Waals surface area contributed by atoms with Crippen molar-refractivity contribution in [2.75, 3.05) is 12.3 Å². The first-order valence-corrected chi connectivity index (χ1v) is 8.18. The Bertz CT molecular complexity index is 597. The summed E-state index contributed by atoms with van der Waals surface area (Å²) in [6, 6.07) is 10.2. The Hall–Kier alpha value is -1.86. The number of carbonyl (C=O) groups is 1. The van der Waals surface area contributed by atoms with Crippen molar-refractivity contribution in [3.8, 4) is 0 Å². The van der Waals surface area contributed by atoms with Crippen molar-refractivity contribution in [1.29, 1.82) is 0 Å². The number of hydrogen-bond donors (Lipinski definition) is 1. The number of amides is 1. The highest BCUT2D eigenvalue weighted by Crippen LogP contribution is 2.21. The van der Waals surface area contributed by atoms with Crippen LogP contribution in [0.2, 0.25) is 0 Å². The fraction of sp³-hybridized carbons (Fsp3) is 0.214. The molecular formula is C14H14N2O3S2. The lowest BCUT2D eigenvalue weighted by atomic mass is 10.3. The van der Waals surface area contributed by atoms with E-state index in [0.29, 0.717) is 12.3 Å². The number of non-ortho nitro benzene ring substituents is 1. The van der Waals surface area contributed by atoms with E-state index in [2.05, 4.69) is 5.32 Å². The standard InChI is InChI=1S/C14H14N2O3S2/c17-14(15-8-7-12-2-1-9-20-12)10-21-13-5-3-11(4-6-13)16(18)19/h1-6,9H,7-8,10H2,(H,15,17). The summed E-state index contributed by atoms with van der Waals surface area (Å²) in [7, 11) is 0. The highest BCUT2D eigenvalue weighted by Gasteiger charge is 2.06. The molecule has 1 N–H and O–H groups in total. The van der Waals surface area contributed by atoms with Gasteiger partial charge in [-0.1, -0.05) is 6.07 Å². The zero-order chi connectivity index (χ0) is 15.1. The van der Waals surface area contributed by atoms with Gasteiger partial charge in [0.05, 0.1) is 10.7 Å². The summed E-state index contributed by atoms with van der Waals surface area (Å²) >= 11 is 3.04. The normalized spacial score (nSPS) is 10.3. The van der Waals surface area contributed by atoms with E-state index in [0.717, 1.165) is 11.3 Å². The van der Waals surface area contributed by atoms with Gasteiger partial charge in [-0.05, 0) is 30.0 Å². The Labute approximate surface area is 130 Å². The average molecular weight is 322 g/mol. The van der Waals surface area contributed by atoms with E-state index in [9.17, 15) is 14.9 Å². The third-order valence-corrected chi connectivity index (χ3v) is 4.64. The minimum atomic E-state index is -0.439. The molecule has 1 aromatic heterocycles. The largest absolute Gasteiger partial charge is 0.355 e. The number of benzene rings is 1. The number of rotatable bonds is 7. The molecule has 0 aliphatic rings. The molecule has 0 atom stereocenters. The highest BCUT2D eigenvalue weighted by atomic mass is 32.2. The number of nitrogens with zero attached hydrogens (tertiary/aromatic N) is 1. The Morgan fingerprint density at radius 3 is 2.67 bits per heavy atom. The summed E-state index contributed by atoms with van der Waals surface area (Å²) in [6.07, 6.45) is 0.839. The quantitative estimate of drug-likeness (QED) is 0.483. The Balaban J connectivity index is 1.69. The lowest BCUT2D eigenvalue weighted by Crippen LogP contribution is -2.27. The maximum absolute atomic E-state index is 11.7. The fourth-order valence-electron chi connectivity index (χ4n) is 1.64. The second-order valence-electron chi connectivity index (χ2n) is 4.22. The van der Waals surface area contributed by atoms with Gasteiger partial charge in [0.15, 0.2) is 0 Å². The van der Waals surface area contributed by atoms with Crippen molar-refractivity contribution in [3.63, 3.8) is 0 Å². The summed E-state index contributed by atoms with van der Waals surface area (Å²) < 4.78 is 0. The molecule has 0 saturated carbocycles. The third kappa shape index (κ3) is 5.20. The molecule has 0 aliphatic carbocycles. The van der Waals surface area contributed by atoms with Gasteiger partial charge in [-0.3, -0.25) is 14.9 Å². The first-order chi connectivity index (χ1) is 10.1. The van der Waals surface area contributed by atoms with Crippen LogP contribution < -0.4 is 5.32 Å². The molecule has 1 amide bonds. The average Bonchev–Trinajstić information content (AvgIpc) is 2.99. The predicted octanol–water partition coefficient (Wildman–Crippen LogP) is 3.11. The molecule has 2 aromatic rings. The lowest BCUT2D eigenvalue weighted by Gasteiger charge is -2.04. The van der Waals surface area contributed by atoms with Crippen molar-refractivity contribution < 1.29 is 9.72 Å². The maximum atomic E-state index is 11.7. The van der Waals surface area contributed by atoms with E-state index in [1.807, 2.05) is 17.5 Å². The molecule has 0 unspecified atom stereocenters. The van der Waals surface area contributed by atoms with E-state index in [1.54, 1.807) is 23.5 Å². The van der Waals surface area contributed by atoms with Crippen molar-refractivity contribution in [2.24, 2.45) is 0 Å². The zero-order valence-corrected chi connectivity index (χ0v) is 12.8. The van der Waals surface area contributed by atoms with Crippen LogP contribution in [0.5, 0.6) is 0 Å². The first kappa shape index (κ1) is 15.5. The molecule has 0 radical (unpaired) electrons. The van der Waals surface area contributed by atoms with Crippen molar-refractivity contribution in [3.05, 3.63) is 56.8 Å². The smallest absolute Gasteiger partial charge is 0.269 e. The van der Waals surface area contributed by atoms with Gasteiger partial charge in [-0.15, -0.1) is 23.1 Å². The molecule has 21 heavy (non-hydrogen) atoms. The Morgan fingerprint density at radius 2 is 2.05 bits per heavy atom. The predicted molar refractivity (Wildman–Crippen MR) is 84.9 cm³/mol. The summed E-state index contributed by atoms with van der Waals surface area (Å²) in [5.41, 5.74) is 0.0553. The molecule has 0 spiro atoms. The van der Waals surface area contributed by atoms with Gasteiger partial charge < -0.3 is 5.32 Å². The third-order valence-electron chi connectivity index (χ3n) is 2.69. The molecular weight excluding hydrogens is 308 g/mol. The second kappa shape index (κ2) is 7.80. The first-order valence-electron chi connectivity index (χ1n) is 6.31.